The lowest BCUT2D eigenvalue weighted by Crippen LogP contribution is -2.46. The highest BCUT2D eigenvalue weighted by molar-refractivity contribution is 5.96. The summed E-state index contributed by atoms with van der Waals surface area (Å²) in [6, 6.07) is 14.3. The van der Waals surface area contributed by atoms with Gasteiger partial charge in [-0.25, -0.2) is 0 Å². The molecule has 26 heavy (non-hydrogen) atoms. The molecule has 0 radical (unpaired) electrons. The number of aliphatic imine (C=N–C) groups is 1. The number of hydrogen-bond acceptors (Lipinski definition) is 3. The van der Waals surface area contributed by atoms with Crippen LogP contribution in [0, 0.1) is 11.3 Å². The number of amides is 1. The fourth-order valence-corrected chi connectivity index (χ4v) is 4.76. The van der Waals surface area contributed by atoms with E-state index in [0.29, 0.717) is 11.5 Å². The van der Waals surface area contributed by atoms with Gasteiger partial charge in [-0.3, -0.25) is 9.79 Å². The zero-order valence-corrected chi connectivity index (χ0v) is 14.5. The van der Waals surface area contributed by atoms with Crippen LogP contribution in [0.4, 0.5) is 5.69 Å². The lowest BCUT2D eigenvalue weighted by molar-refractivity contribution is 0.0595. The number of piperidine rings is 1. The molecular formula is C22H19N3O. The van der Waals surface area contributed by atoms with Gasteiger partial charge in [0.2, 0.25) is 0 Å². The highest BCUT2D eigenvalue weighted by Gasteiger charge is 2.41. The molecule has 4 heteroatoms. The first-order valence-electron chi connectivity index (χ1n) is 9.24. The molecule has 5 rings (SSSR count). The molecule has 1 fully saturated rings. The minimum absolute atomic E-state index is 0.109. The highest BCUT2D eigenvalue weighted by atomic mass is 16.2. The molecule has 1 amide bonds. The molecule has 4 nitrogen and oxygen atoms in total. The van der Waals surface area contributed by atoms with Crippen LogP contribution in [0.5, 0.6) is 0 Å². The molecule has 2 aromatic rings. The van der Waals surface area contributed by atoms with Crippen LogP contribution >= 0.6 is 0 Å². The quantitative estimate of drug-likeness (QED) is 0.793. The van der Waals surface area contributed by atoms with Crippen molar-refractivity contribution >= 4 is 17.8 Å². The van der Waals surface area contributed by atoms with Crippen molar-refractivity contribution in [2.24, 2.45) is 4.99 Å². The van der Waals surface area contributed by atoms with Gasteiger partial charge < -0.3 is 4.90 Å². The predicted octanol–water partition coefficient (Wildman–Crippen LogP) is 3.76. The van der Waals surface area contributed by atoms with Gasteiger partial charge in [0.1, 0.15) is 0 Å². The Labute approximate surface area is 152 Å². The van der Waals surface area contributed by atoms with Gasteiger partial charge >= 0.3 is 0 Å². The molecule has 1 aliphatic carbocycles. The van der Waals surface area contributed by atoms with E-state index in [1.165, 1.54) is 16.7 Å². The second kappa shape index (κ2) is 5.81. The summed E-state index contributed by atoms with van der Waals surface area (Å²) in [7, 11) is 0. The largest absolute Gasteiger partial charge is 0.335 e. The number of carbonyl (C=O) groups is 1. The SMILES string of the molecule is N#Cc1ccc2c(c1)C[C@H]1[C@@H]2CCCN1C(=O)c1ccc2c(c1)N=CC2. The summed E-state index contributed by atoms with van der Waals surface area (Å²) in [4.78, 5) is 19.7. The molecule has 0 N–H and O–H groups in total. The standard InChI is InChI=1S/C22H19N3O/c23-13-14-3-6-18-17(10-14)12-21-19(18)2-1-9-25(21)22(26)16-5-4-15-7-8-24-20(15)11-16/h3-6,8,10-11,19,21H,1-2,7,9,12H2/t19-,21+/m1/s1. The molecule has 2 aliphatic heterocycles. The second-order valence-corrected chi connectivity index (χ2v) is 7.40. The summed E-state index contributed by atoms with van der Waals surface area (Å²) in [6.45, 7) is 0.805. The lowest BCUT2D eigenvalue weighted by atomic mass is 9.88. The smallest absolute Gasteiger partial charge is 0.254 e. The Morgan fingerprint density at radius 2 is 2.12 bits per heavy atom. The molecule has 2 aromatic carbocycles. The summed E-state index contributed by atoms with van der Waals surface area (Å²) in [5.41, 5.74) is 6.12. The molecule has 0 saturated carbocycles. The third-order valence-corrected chi connectivity index (χ3v) is 6.01. The van der Waals surface area contributed by atoms with Crippen LogP contribution in [0.25, 0.3) is 0 Å². The maximum atomic E-state index is 13.2. The molecule has 1 saturated heterocycles. The Morgan fingerprint density at radius 1 is 1.19 bits per heavy atom. The van der Waals surface area contributed by atoms with E-state index < -0.39 is 0 Å². The van der Waals surface area contributed by atoms with Crippen molar-refractivity contribution in [3.05, 3.63) is 64.2 Å². The minimum Gasteiger partial charge on any atom is -0.335 e. The average molecular weight is 341 g/mol. The Bertz CT molecular complexity index is 985. The topological polar surface area (TPSA) is 56.5 Å². The van der Waals surface area contributed by atoms with Crippen molar-refractivity contribution in [1.82, 2.24) is 4.90 Å². The van der Waals surface area contributed by atoms with Crippen molar-refractivity contribution < 1.29 is 4.79 Å². The fraction of sp³-hybridized carbons (Fsp3) is 0.318. The van der Waals surface area contributed by atoms with E-state index in [1.807, 2.05) is 36.5 Å². The summed E-state index contributed by atoms with van der Waals surface area (Å²) in [5, 5.41) is 9.17. The summed E-state index contributed by atoms with van der Waals surface area (Å²) >= 11 is 0. The minimum atomic E-state index is 0.109. The first-order chi connectivity index (χ1) is 12.7. The first kappa shape index (κ1) is 15.3. The van der Waals surface area contributed by atoms with Crippen molar-refractivity contribution in [3.8, 4) is 6.07 Å². The molecule has 0 unspecified atom stereocenters. The van der Waals surface area contributed by atoms with Crippen LogP contribution in [0.15, 0.2) is 41.4 Å². The van der Waals surface area contributed by atoms with Gasteiger partial charge in [0.05, 0.1) is 17.3 Å². The second-order valence-electron chi connectivity index (χ2n) is 7.40. The molecule has 2 atom stereocenters. The molecule has 0 spiro atoms. The van der Waals surface area contributed by atoms with Gasteiger partial charge in [0.25, 0.3) is 5.91 Å². The number of likely N-dealkylation sites (tertiary alicyclic amines) is 1. The average Bonchev–Trinajstić information content (AvgIpc) is 3.30. The van der Waals surface area contributed by atoms with Crippen LogP contribution < -0.4 is 0 Å². The third kappa shape index (κ3) is 2.28. The number of fused-ring (bicyclic) bond motifs is 4. The van der Waals surface area contributed by atoms with E-state index in [4.69, 9.17) is 5.26 Å². The van der Waals surface area contributed by atoms with Crippen LogP contribution in [0.1, 0.15) is 51.4 Å². The number of rotatable bonds is 1. The number of carbonyl (C=O) groups excluding carboxylic acids is 1. The molecule has 3 aliphatic rings. The van der Waals surface area contributed by atoms with Crippen molar-refractivity contribution in [2.45, 2.75) is 37.6 Å². The van der Waals surface area contributed by atoms with Gasteiger partial charge in [-0.2, -0.15) is 5.26 Å². The van der Waals surface area contributed by atoms with Crippen molar-refractivity contribution in [1.29, 1.82) is 5.26 Å². The predicted molar refractivity (Wildman–Crippen MR) is 100.0 cm³/mol. The summed E-state index contributed by atoms with van der Waals surface area (Å²) in [5.74, 6) is 0.501. The maximum Gasteiger partial charge on any atom is 0.254 e. The lowest BCUT2D eigenvalue weighted by Gasteiger charge is -2.38. The van der Waals surface area contributed by atoms with Crippen molar-refractivity contribution in [2.75, 3.05) is 6.54 Å². The van der Waals surface area contributed by atoms with Crippen LogP contribution in [0.3, 0.4) is 0 Å². The summed E-state index contributed by atoms with van der Waals surface area (Å²) in [6.07, 6.45) is 5.74. The van der Waals surface area contributed by atoms with E-state index in [1.54, 1.807) is 0 Å². The third-order valence-electron chi connectivity index (χ3n) is 6.01. The molecule has 128 valence electrons. The van der Waals surface area contributed by atoms with Crippen LogP contribution in [-0.4, -0.2) is 29.6 Å². The van der Waals surface area contributed by atoms with E-state index in [0.717, 1.165) is 43.5 Å². The number of nitrogens with zero attached hydrogens (tertiary/aromatic N) is 3. The molecule has 2 heterocycles. The monoisotopic (exact) mass is 341 g/mol. The van der Waals surface area contributed by atoms with E-state index >= 15 is 0 Å². The Balaban J connectivity index is 1.46. The van der Waals surface area contributed by atoms with E-state index in [9.17, 15) is 4.79 Å². The molecule has 0 aromatic heterocycles. The number of nitriles is 1. The van der Waals surface area contributed by atoms with E-state index in [2.05, 4.69) is 22.0 Å². The Morgan fingerprint density at radius 3 is 3.00 bits per heavy atom. The zero-order chi connectivity index (χ0) is 17.7. The maximum absolute atomic E-state index is 13.2. The summed E-state index contributed by atoms with van der Waals surface area (Å²) < 4.78 is 0. The van der Waals surface area contributed by atoms with Crippen LogP contribution in [-0.2, 0) is 12.8 Å². The highest BCUT2D eigenvalue weighted by Crippen LogP contribution is 2.43. The Hall–Kier alpha value is -2.93. The van der Waals surface area contributed by atoms with E-state index in [-0.39, 0.29) is 11.9 Å². The van der Waals surface area contributed by atoms with Crippen molar-refractivity contribution in [3.63, 3.8) is 0 Å². The number of benzene rings is 2. The van der Waals surface area contributed by atoms with Crippen LogP contribution in [0.2, 0.25) is 0 Å². The first-order valence-corrected chi connectivity index (χ1v) is 9.24. The zero-order valence-electron chi connectivity index (χ0n) is 14.5. The van der Waals surface area contributed by atoms with Gasteiger partial charge in [-0.15, -0.1) is 0 Å². The molecular weight excluding hydrogens is 322 g/mol. The van der Waals surface area contributed by atoms with Gasteiger partial charge in [0.15, 0.2) is 0 Å². The fourth-order valence-electron chi connectivity index (χ4n) is 4.76. The van der Waals surface area contributed by atoms with Gasteiger partial charge in [-0.1, -0.05) is 12.1 Å². The van der Waals surface area contributed by atoms with Gasteiger partial charge in [0, 0.05) is 36.7 Å². The Kier molecular flexibility index (Phi) is 3.43. The van der Waals surface area contributed by atoms with Gasteiger partial charge in [-0.05, 0) is 60.2 Å². The molecule has 0 bridgehead atoms. The normalized spacial score (nSPS) is 22.5. The number of hydrogen-bond donors (Lipinski definition) is 0.